The van der Waals surface area contributed by atoms with Crippen LogP contribution in [0, 0.1) is 6.92 Å². The van der Waals surface area contributed by atoms with E-state index in [0.717, 1.165) is 17.9 Å². The van der Waals surface area contributed by atoms with Gasteiger partial charge in [-0.3, -0.25) is 0 Å². The van der Waals surface area contributed by atoms with Gasteiger partial charge in [-0.15, -0.1) is 0 Å². The molecule has 94 valence electrons. The largest absolute Gasteiger partial charge is 0.324 e. The van der Waals surface area contributed by atoms with Crippen LogP contribution in [0.25, 0.3) is 5.69 Å². The van der Waals surface area contributed by atoms with E-state index in [9.17, 15) is 0 Å². The molecule has 2 N–H and O–H groups in total. The van der Waals surface area contributed by atoms with Gasteiger partial charge in [-0.2, -0.15) is 0 Å². The van der Waals surface area contributed by atoms with Crippen molar-refractivity contribution in [2.75, 3.05) is 0 Å². The fourth-order valence-corrected chi connectivity index (χ4v) is 3.01. The third kappa shape index (κ3) is 1.86. The quantitative estimate of drug-likeness (QED) is 0.831. The molecule has 1 aliphatic rings. The SMILES string of the molecule is Cc1cc2c(n1-c1ccc(Cl)cc1)CCCC2N. The summed E-state index contributed by atoms with van der Waals surface area (Å²) in [5.74, 6) is 0. The summed E-state index contributed by atoms with van der Waals surface area (Å²) in [4.78, 5) is 0. The molecule has 0 radical (unpaired) electrons. The van der Waals surface area contributed by atoms with Crippen LogP contribution in [0.3, 0.4) is 0 Å². The second-order valence-electron chi connectivity index (χ2n) is 5.00. The molecule has 0 spiro atoms. The lowest BCUT2D eigenvalue weighted by atomic mass is 9.93. The van der Waals surface area contributed by atoms with Crippen molar-refractivity contribution >= 4 is 11.6 Å². The molecule has 2 nitrogen and oxygen atoms in total. The number of benzene rings is 1. The van der Waals surface area contributed by atoms with E-state index in [1.54, 1.807) is 0 Å². The summed E-state index contributed by atoms with van der Waals surface area (Å²) in [6.07, 6.45) is 3.38. The summed E-state index contributed by atoms with van der Waals surface area (Å²) in [6, 6.07) is 10.4. The molecule has 18 heavy (non-hydrogen) atoms. The Kier molecular flexibility index (Phi) is 2.92. The average Bonchev–Trinajstić information content (AvgIpc) is 2.69. The molecular formula is C15H17ClN2. The first-order chi connectivity index (χ1) is 8.66. The number of aryl methyl sites for hydroxylation is 1. The molecule has 0 fully saturated rings. The van der Waals surface area contributed by atoms with E-state index in [0.29, 0.717) is 0 Å². The molecule has 2 aromatic rings. The van der Waals surface area contributed by atoms with Crippen LogP contribution in [0.4, 0.5) is 0 Å². The minimum atomic E-state index is 0.195. The smallest absolute Gasteiger partial charge is 0.0456 e. The van der Waals surface area contributed by atoms with Crippen molar-refractivity contribution in [2.24, 2.45) is 5.73 Å². The van der Waals surface area contributed by atoms with E-state index in [4.69, 9.17) is 17.3 Å². The van der Waals surface area contributed by atoms with Crippen molar-refractivity contribution in [3.63, 3.8) is 0 Å². The van der Waals surface area contributed by atoms with Gasteiger partial charge in [0.05, 0.1) is 0 Å². The zero-order valence-corrected chi connectivity index (χ0v) is 11.2. The topological polar surface area (TPSA) is 30.9 Å². The summed E-state index contributed by atoms with van der Waals surface area (Å²) in [5.41, 5.74) is 11.3. The number of fused-ring (bicyclic) bond motifs is 1. The van der Waals surface area contributed by atoms with Crippen molar-refractivity contribution in [2.45, 2.75) is 32.2 Å². The Bertz CT molecular complexity index is 569. The molecule has 3 rings (SSSR count). The Morgan fingerprint density at radius 2 is 2.00 bits per heavy atom. The van der Waals surface area contributed by atoms with Gasteiger partial charge >= 0.3 is 0 Å². The Morgan fingerprint density at radius 3 is 2.72 bits per heavy atom. The number of hydrogen-bond acceptors (Lipinski definition) is 1. The van der Waals surface area contributed by atoms with Gasteiger partial charge in [-0.05, 0) is 62.1 Å². The maximum absolute atomic E-state index is 6.20. The van der Waals surface area contributed by atoms with Crippen molar-refractivity contribution in [3.8, 4) is 5.69 Å². The van der Waals surface area contributed by atoms with Gasteiger partial charge < -0.3 is 10.3 Å². The molecule has 1 aromatic carbocycles. The van der Waals surface area contributed by atoms with E-state index in [-0.39, 0.29) is 6.04 Å². The molecule has 1 aliphatic carbocycles. The molecule has 0 bridgehead atoms. The van der Waals surface area contributed by atoms with E-state index in [2.05, 4.69) is 29.7 Å². The number of halogens is 1. The van der Waals surface area contributed by atoms with Gasteiger partial charge in [-0.1, -0.05) is 11.6 Å². The first kappa shape index (κ1) is 11.8. The normalized spacial score (nSPS) is 18.7. The molecule has 1 atom stereocenters. The summed E-state index contributed by atoms with van der Waals surface area (Å²) >= 11 is 5.95. The predicted molar refractivity (Wildman–Crippen MR) is 75.4 cm³/mol. The maximum atomic E-state index is 6.20. The highest BCUT2D eigenvalue weighted by atomic mass is 35.5. The van der Waals surface area contributed by atoms with Crippen LogP contribution in [0.1, 0.15) is 35.8 Å². The highest BCUT2D eigenvalue weighted by Gasteiger charge is 2.22. The molecule has 1 heterocycles. The van der Waals surface area contributed by atoms with Gasteiger partial charge in [0, 0.05) is 28.1 Å². The Labute approximate surface area is 112 Å². The van der Waals surface area contributed by atoms with Crippen molar-refractivity contribution in [3.05, 3.63) is 52.3 Å². The first-order valence-corrected chi connectivity index (χ1v) is 6.77. The second-order valence-corrected chi connectivity index (χ2v) is 5.43. The lowest BCUT2D eigenvalue weighted by Crippen LogP contribution is -2.17. The average molecular weight is 261 g/mol. The van der Waals surface area contributed by atoms with Gasteiger partial charge in [0.2, 0.25) is 0 Å². The van der Waals surface area contributed by atoms with Crippen LogP contribution in [0.5, 0.6) is 0 Å². The summed E-state index contributed by atoms with van der Waals surface area (Å²) in [6.45, 7) is 2.14. The minimum absolute atomic E-state index is 0.195. The summed E-state index contributed by atoms with van der Waals surface area (Å²) in [5, 5.41) is 0.772. The van der Waals surface area contributed by atoms with Crippen molar-refractivity contribution in [1.29, 1.82) is 0 Å². The van der Waals surface area contributed by atoms with E-state index >= 15 is 0 Å². The fraction of sp³-hybridized carbons (Fsp3) is 0.333. The van der Waals surface area contributed by atoms with Gasteiger partial charge in [0.25, 0.3) is 0 Å². The van der Waals surface area contributed by atoms with E-state index in [1.807, 2.05) is 12.1 Å². The van der Waals surface area contributed by atoms with E-state index < -0.39 is 0 Å². The fourth-order valence-electron chi connectivity index (χ4n) is 2.89. The number of rotatable bonds is 1. The molecular weight excluding hydrogens is 244 g/mol. The molecule has 0 saturated carbocycles. The first-order valence-electron chi connectivity index (χ1n) is 6.39. The number of nitrogens with zero attached hydrogens (tertiary/aromatic N) is 1. The highest BCUT2D eigenvalue weighted by Crippen LogP contribution is 2.32. The molecule has 0 amide bonds. The number of nitrogens with two attached hydrogens (primary N) is 1. The van der Waals surface area contributed by atoms with Gasteiger partial charge in [0.15, 0.2) is 0 Å². The Hall–Kier alpha value is -1.25. The molecule has 0 aliphatic heterocycles. The monoisotopic (exact) mass is 260 g/mol. The summed E-state index contributed by atoms with van der Waals surface area (Å²) in [7, 11) is 0. The molecule has 1 unspecified atom stereocenters. The number of hydrogen-bond donors (Lipinski definition) is 1. The van der Waals surface area contributed by atoms with Crippen molar-refractivity contribution < 1.29 is 0 Å². The second kappa shape index (κ2) is 4.45. The minimum Gasteiger partial charge on any atom is -0.324 e. The van der Waals surface area contributed by atoms with Crippen LogP contribution in [0.15, 0.2) is 30.3 Å². The Morgan fingerprint density at radius 1 is 1.28 bits per heavy atom. The lowest BCUT2D eigenvalue weighted by Gasteiger charge is -2.21. The maximum Gasteiger partial charge on any atom is 0.0456 e. The van der Waals surface area contributed by atoms with Gasteiger partial charge in [0.1, 0.15) is 0 Å². The zero-order valence-electron chi connectivity index (χ0n) is 10.5. The third-order valence-electron chi connectivity index (χ3n) is 3.73. The van der Waals surface area contributed by atoms with Crippen LogP contribution < -0.4 is 5.73 Å². The van der Waals surface area contributed by atoms with E-state index in [1.165, 1.54) is 29.1 Å². The molecule has 3 heteroatoms. The highest BCUT2D eigenvalue weighted by molar-refractivity contribution is 6.30. The van der Waals surface area contributed by atoms with Crippen LogP contribution in [-0.2, 0) is 6.42 Å². The van der Waals surface area contributed by atoms with Crippen molar-refractivity contribution in [1.82, 2.24) is 4.57 Å². The third-order valence-corrected chi connectivity index (χ3v) is 3.99. The number of aromatic nitrogens is 1. The lowest BCUT2D eigenvalue weighted by molar-refractivity contribution is 0.560. The van der Waals surface area contributed by atoms with Crippen LogP contribution in [-0.4, -0.2) is 4.57 Å². The summed E-state index contributed by atoms with van der Waals surface area (Å²) < 4.78 is 2.31. The van der Waals surface area contributed by atoms with Gasteiger partial charge in [-0.25, -0.2) is 0 Å². The van der Waals surface area contributed by atoms with Crippen LogP contribution in [0.2, 0.25) is 5.02 Å². The zero-order chi connectivity index (χ0) is 12.7. The predicted octanol–water partition coefficient (Wildman–Crippen LogP) is 3.78. The molecule has 1 aromatic heterocycles. The molecule has 0 saturated heterocycles. The Balaban J connectivity index is 2.15. The standard InChI is InChI=1S/C15H17ClN2/c1-10-9-13-14(17)3-2-4-15(13)18(10)12-7-5-11(16)6-8-12/h5-9,14H,2-4,17H2,1H3. The van der Waals surface area contributed by atoms with Crippen LogP contribution >= 0.6 is 11.6 Å².